The maximum atomic E-state index is 12.6. The van der Waals surface area contributed by atoms with E-state index in [2.05, 4.69) is 61.5 Å². The third-order valence-electron chi connectivity index (χ3n) is 6.15. The molecule has 0 spiro atoms. The SMILES string of the molecule is CN(CCC#N)C(=O)c1cc2ccc(-c3nccc(Nc4ccc(C5CNNC5)cc4)n3)cc2[nH]1. The van der Waals surface area contributed by atoms with Gasteiger partial charge in [0.1, 0.15) is 11.5 Å². The number of carbonyl (C=O) groups excluding carboxylic acids is 1. The molecule has 9 nitrogen and oxygen atoms in total. The molecule has 1 fully saturated rings. The Bertz CT molecular complexity index is 1380. The molecule has 35 heavy (non-hydrogen) atoms. The number of rotatable bonds is 7. The van der Waals surface area contributed by atoms with Crippen LogP contribution < -0.4 is 16.2 Å². The number of nitrogens with zero attached hydrogens (tertiary/aromatic N) is 4. The molecule has 1 saturated heterocycles. The number of hydrogen-bond acceptors (Lipinski definition) is 7. The first kappa shape index (κ1) is 22.5. The van der Waals surface area contributed by atoms with E-state index in [9.17, 15) is 4.79 Å². The number of fused-ring (bicyclic) bond motifs is 1. The lowest BCUT2D eigenvalue weighted by Gasteiger charge is -2.13. The molecule has 4 aromatic rings. The first-order chi connectivity index (χ1) is 17.1. The zero-order valence-corrected chi connectivity index (χ0v) is 19.4. The van der Waals surface area contributed by atoms with Gasteiger partial charge < -0.3 is 15.2 Å². The molecule has 176 valence electrons. The minimum atomic E-state index is -0.146. The van der Waals surface area contributed by atoms with Gasteiger partial charge in [-0.25, -0.2) is 9.97 Å². The molecule has 0 aliphatic carbocycles. The van der Waals surface area contributed by atoms with Crippen LogP contribution in [0.5, 0.6) is 0 Å². The number of aromatic amines is 1. The molecular formula is C26H26N8O. The zero-order chi connectivity index (χ0) is 24.2. The van der Waals surface area contributed by atoms with Crippen molar-refractivity contribution in [2.45, 2.75) is 12.3 Å². The Morgan fingerprint density at radius 3 is 2.71 bits per heavy atom. The van der Waals surface area contributed by atoms with Crippen molar-refractivity contribution in [1.29, 1.82) is 5.26 Å². The van der Waals surface area contributed by atoms with Gasteiger partial charge in [0, 0.05) is 61.0 Å². The lowest BCUT2D eigenvalue weighted by Crippen LogP contribution is -2.27. The number of H-pyrrole nitrogens is 1. The molecule has 3 heterocycles. The molecule has 2 aromatic heterocycles. The number of hydrogen-bond donors (Lipinski definition) is 4. The molecule has 0 bridgehead atoms. The quantitative estimate of drug-likeness (QED) is 0.329. The molecule has 1 aliphatic rings. The van der Waals surface area contributed by atoms with Crippen molar-refractivity contribution in [2.24, 2.45) is 0 Å². The second-order valence-corrected chi connectivity index (χ2v) is 8.59. The van der Waals surface area contributed by atoms with Crippen LogP contribution in [0.25, 0.3) is 22.3 Å². The van der Waals surface area contributed by atoms with Crippen molar-refractivity contribution in [3.8, 4) is 17.5 Å². The van der Waals surface area contributed by atoms with Crippen molar-refractivity contribution < 1.29 is 4.79 Å². The maximum Gasteiger partial charge on any atom is 0.270 e. The monoisotopic (exact) mass is 466 g/mol. The second kappa shape index (κ2) is 9.93. The highest BCUT2D eigenvalue weighted by Crippen LogP contribution is 2.25. The number of hydrazine groups is 1. The molecule has 1 aliphatic heterocycles. The van der Waals surface area contributed by atoms with Gasteiger partial charge in [-0.1, -0.05) is 24.3 Å². The van der Waals surface area contributed by atoms with E-state index in [0.29, 0.717) is 36.2 Å². The number of amides is 1. The van der Waals surface area contributed by atoms with E-state index < -0.39 is 0 Å². The Labute approximate surface area is 203 Å². The molecule has 1 amide bonds. The fourth-order valence-corrected chi connectivity index (χ4v) is 4.16. The van der Waals surface area contributed by atoms with Gasteiger partial charge in [-0.15, -0.1) is 0 Å². The van der Waals surface area contributed by atoms with Crippen LogP contribution in [0.3, 0.4) is 0 Å². The van der Waals surface area contributed by atoms with E-state index >= 15 is 0 Å². The predicted octanol–water partition coefficient (Wildman–Crippen LogP) is 3.55. The number of carbonyl (C=O) groups is 1. The lowest BCUT2D eigenvalue weighted by molar-refractivity contribution is 0.0793. The van der Waals surface area contributed by atoms with Crippen molar-refractivity contribution in [3.05, 3.63) is 72.1 Å². The summed E-state index contributed by atoms with van der Waals surface area (Å²) in [5.41, 5.74) is 10.7. The van der Waals surface area contributed by atoms with Gasteiger partial charge in [0.05, 0.1) is 12.5 Å². The molecule has 5 rings (SSSR count). The molecule has 4 N–H and O–H groups in total. The smallest absolute Gasteiger partial charge is 0.270 e. The molecule has 0 radical (unpaired) electrons. The summed E-state index contributed by atoms with van der Waals surface area (Å²) in [4.78, 5) is 26.5. The van der Waals surface area contributed by atoms with Crippen LogP contribution in [0, 0.1) is 11.3 Å². The Morgan fingerprint density at radius 1 is 1.14 bits per heavy atom. The number of anilines is 2. The minimum Gasteiger partial charge on any atom is -0.351 e. The van der Waals surface area contributed by atoms with Gasteiger partial charge in [0.2, 0.25) is 0 Å². The number of nitrogens with one attached hydrogen (secondary N) is 4. The Kier molecular flexibility index (Phi) is 6.39. The van der Waals surface area contributed by atoms with E-state index in [1.54, 1.807) is 18.1 Å². The molecular weight excluding hydrogens is 440 g/mol. The molecule has 0 saturated carbocycles. The summed E-state index contributed by atoms with van der Waals surface area (Å²) in [5.74, 6) is 1.62. The highest BCUT2D eigenvalue weighted by molar-refractivity contribution is 5.98. The molecule has 0 unspecified atom stereocenters. The summed E-state index contributed by atoms with van der Waals surface area (Å²) in [5, 5.41) is 13.0. The lowest BCUT2D eigenvalue weighted by atomic mass is 10.0. The highest BCUT2D eigenvalue weighted by atomic mass is 16.2. The van der Waals surface area contributed by atoms with Gasteiger partial charge in [-0.2, -0.15) is 5.26 Å². The standard InChI is InChI=1S/C26H26N8O/c1-34(12-2-10-27)26(35)23-13-18-3-4-19(14-22(18)32-23)25-28-11-9-24(33-25)31-21-7-5-17(6-8-21)20-15-29-30-16-20/h3-9,11,13-14,20,29-30,32H,2,12,15-16H2,1H3,(H,28,31,33). The van der Waals surface area contributed by atoms with Crippen LogP contribution in [0.1, 0.15) is 28.4 Å². The van der Waals surface area contributed by atoms with Gasteiger partial charge in [-0.05, 0) is 35.9 Å². The summed E-state index contributed by atoms with van der Waals surface area (Å²) in [7, 11) is 1.69. The summed E-state index contributed by atoms with van der Waals surface area (Å²) in [6.45, 7) is 2.25. The molecule has 9 heteroatoms. The van der Waals surface area contributed by atoms with E-state index in [1.807, 2.05) is 30.3 Å². The van der Waals surface area contributed by atoms with Crippen LogP contribution in [0.4, 0.5) is 11.5 Å². The number of nitriles is 1. The summed E-state index contributed by atoms with van der Waals surface area (Å²) in [6, 6.07) is 20.0. The van der Waals surface area contributed by atoms with Crippen LogP contribution in [-0.4, -0.2) is 52.4 Å². The first-order valence-corrected chi connectivity index (χ1v) is 11.5. The normalized spacial score (nSPS) is 13.6. The van der Waals surface area contributed by atoms with E-state index in [-0.39, 0.29) is 5.91 Å². The van der Waals surface area contributed by atoms with Crippen LogP contribution in [0.2, 0.25) is 0 Å². The summed E-state index contributed by atoms with van der Waals surface area (Å²) < 4.78 is 0. The fourth-order valence-electron chi connectivity index (χ4n) is 4.16. The van der Waals surface area contributed by atoms with Crippen molar-refractivity contribution in [2.75, 3.05) is 32.0 Å². The van der Waals surface area contributed by atoms with E-state index in [1.165, 1.54) is 5.56 Å². The molecule has 0 atom stereocenters. The average Bonchev–Trinajstić information content (AvgIpc) is 3.57. The van der Waals surface area contributed by atoms with Gasteiger partial charge in [0.25, 0.3) is 5.91 Å². The average molecular weight is 467 g/mol. The Morgan fingerprint density at radius 2 is 1.94 bits per heavy atom. The maximum absolute atomic E-state index is 12.6. The number of aromatic nitrogens is 3. The van der Waals surface area contributed by atoms with Crippen LogP contribution in [0.15, 0.2) is 60.8 Å². The van der Waals surface area contributed by atoms with Crippen molar-refractivity contribution in [1.82, 2.24) is 30.7 Å². The largest absolute Gasteiger partial charge is 0.351 e. The van der Waals surface area contributed by atoms with Crippen molar-refractivity contribution in [3.63, 3.8) is 0 Å². The Balaban J connectivity index is 1.33. The summed E-state index contributed by atoms with van der Waals surface area (Å²) in [6.07, 6.45) is 2.03. The summed E-state index contributed by atoms with van der Waals surface area (Å²) >= 11 is 0. The van der Waals surface area contributed by atoms with Gasteiger partial charge >= 0.3 is 0 Å². The van der Waals surface area contributed by atoms with Crippen LogP contribution >= 0.6 is 0 Å². The third-order valence-corrected chi connectivity index (χ3v) is 6.15. The topological polar surface area (TPSA) is 122 Å². The number of benzene rings is 2. The zero-order valence-electron chi connectivity index (χ0n) is 19.4. The first-order valence-electron chi connectivity index (χ1n) is 11.5. The minimum absolute atomic E-state index is 0.146. The fraction of sp³-hybridized carbons (Fsp3) is 0.231. The van der Waals surface area contributed by atoms with Gasteiger partial charge in [0.15, 0.2) is 5.82 Å². The Hall–Kier alpha value is -4.26. The highest BCUT2D eigenvalue weighted by Gasteiger charge is 2.16. The predicted molar refractivity (Wildman–Crippen MR) is 135 cm³/mol. The third kappa shape index (κ3) is 4.99. The molecule has 2 aromatic carbocycles. The second-order valence-electron chi connectivity index (χ2n) is 8.59. The van der Waals surface area contributed by atoms with E-state index in [0.717, 1.165) is 35.2 Å². The van der Waals surface area contributed by atoms with E-state index in [4.69, 9.17) is 5.26 Å². The van der Waals surface area contributed by atoms with Crippen LogP contribution in [-0.2, 0) is 0 Å². The van der Waals surface area contributed by atoms with Gasteiger partial charge in [-0.3, -0.25) is 15.6 Å². The van der Waals surface area contributed by atoms with Crippen molar-refractivity contribution >= 4 is 28.3 Å².